The van der Waals surface area contributed by atoms with Crippen molar-refractivity contribution in [3.8, 4) is 0 Å². The Morgan fingerprint density at radius 3 is 2.79 bits per heavy atom. The van der Waals surface area contributed by atoms with Crippen molar-refractivity contribution in [3.05, 3.63) is 30.3 Å². The number of likely N-dealkylation sites (tertiary alicyclic amines) is 1. The van der Waals surface area contributed by atoms with Crippen LogP contribution in [0.25, 0.3) is 0 Å². The number of para-hydroxylation sites is 1. The van der Waals surface area contributed by atoms with Crippen LogP contribution in [0.1, 0.15) is 12.8 Å². The molecule has 0 spiro atoms. The van der Waals surface area contributed by atoms with Crippen LogP contribution >= 0.6 is 12.4 Å². The molecule has 1 aromatic rings. The second-order valence-corrected chi connectivity index (χ2v) is 4.74. The van der Waals surface area contributed by atoms with Crippen LogP contribution < -0.4 is 10.6 Å². The lowest BCUT2D eigenvalue weighted by Gasteiger charge is -2.23. The number of nitrogens with zero attached hydrogens (tertiary/aromatic N) is 1. The average Bonchev–Trinajstić information content (AvgIpc) is 2.78. The van der Waals surface area contributed by atoms with Gasteiger partial charge >= 0.3 is 0 Å². The Morgan fingerprint density at radius 1 is 1.37 bits per heavy atom. The molecule has 1 aliphatic rings. The normalized spacial score (nSPS) is 18.9. The first kappa shape index (κ1) is 16.0. The zero-order valence-electron chi connectivity index (χ0n) is 11.3. The minimum Gasteiger partial charge on any atom is -0.325 e. The highest BCUT2D eigenvalue weighted by molar-refractivity contribution is 5.92. The van der Waals surface area contributed by atoms with Crippen molar-refractivity contribution in [2.24, 2.45) is 0 Å². The number of carbonyl (C=O) groups is 1. The molecule has 5 heteroatoms. The maximum absolute atomic E-state index is 11.9. The van der Waals surface area contributed by atoms with Crippen molar-refractivity contribution in [1.29, 1.82) is 0 Å². The molecule has 1 saturated heterocycles. The molecule has 1 heterocycles. The summed E-state index contributed by atoms with van der Waals surface area (Å²) in [7, 11) is 1.96. The topological polar surface area (TPSA) is 44.4 Å². The molecule has 1 atom stereocenters. The van der Waals surface area contributed by atoms with Gasteiger partial charge in [-0.2, -0.15) is 0 Å². The van der Waals surface area contributed by atoms with Crippen LogP contribution in [0, 0.1) is 0 Å². The van der Waals surface area contributed by atoms with E-state index in [0.29, 0.717) is 12.6 Å². The number of likely N-dealkylation sites (N-methyl/N-ethyl adjacent to an activating group) is 1. The van der Waals surface area contributed by atoms with E-state index < -0.39 is 0 Å². The zero-order valence-corrected chi connectivity index (χ0v) is 12.1. The highest BCUT2D eigenvalue weighted by Gasteiger charge is 2.25. The molecule has 4 nitrogen and oxygen atoms in total. The molecule has 0 aliphatic carbocycles. The lowest BCUT2D eigenvalue weighted by atomic mass is 10.2. The second-order valence-electron chi connectivity index (χ2n) is 4.74. The van der Waals surface area contributed by atoms with E-state index in [1.165, 1.54) is 12.8 Å². The largest absolute Gasteiger partial charge is 0.325 e. The van der Waals surface area contributed by atoms with Gasteiger partial charge in [0.15, 0.2) is 0 Å². The molecule has 0 aromatic heterocycles. The Labute approximate surface area is 121 Å². The smallest absolute Gasteiger partial charge is 0.238 e. The lowest BCUT2D eigenvalue weighted by molar-refractivity contribution is -0.117. The monoisotopic (exact) mass is 283 g/mol. The van der Waals surface area contributed by atoms with Crippen LogP contribution in [-0.2, 0) is 4.79 Å². The summed E-state index contributed by atoms with van der Waals surface area (Å²) in [5.74, 6) is 0.0733. The highest BCUT2D eigenvalue weighted by Crippen LogP contribution is 2.16. The van der Waals surface area contributed by atoms with Crippen molar-refractivity contribution in [1.82, 2.24) is 10.2 Å². The van der Waals surface area contributed by atoms with Gasteiger partial charge in [0, 0.05) is 18.3 Å². The molecule has 106 valence electrons. The maximum Gasteiger partial charge on any atom is 0.238 e. The van der Waals surface area contributed by atoms with Crippen molar-refractivity contribution >= 4 is 24.0 Å². The summed E-state index contributed by atoms with van der Waals surface area (Å²) in [5.41, 5.74) is 0.867. The summed E-state index contributed by atoms with van der Waals surface area (Å²) < 4.78 is 0. The van der Waals surface area contributed by atoms with Crippen LogP contribution in [0.15, 0.2) is 30.3 Å². The number of amides is 1. The minimum absolute atomic E-state index is 0. The van der Waals surface area contributed by atoms with Crippen molar-refractivity contribution in [2.45, 2.75) is 18.9 Å². The van der Waals surface area contributed by atoms with Gasteiger partial charge in [0.2, 0.25) is 5.91 Å². The van der Waals surface area contributed by atoms with E-state index in [1.807, 2.05) is 37.4 Å². The molecule has 2 rings (SSSR count). The third-order valence-corrected chi connectivity index (χ3v) is 3.34. The number of hydrogen-bond acceptors (Lipinski definition) is 3. The summed E-state index contributed by atoms with van der Waals surface area (Å²) in [4.78, 5) is 14.2. The summed E-state index contributed by atoms with van der Waals surface area (Å²) in [5, 5.41) is 6.12. The number of nitrogens with one attached hydrogen (secondary N) is 2. The van der Waals surface area contributed by atoms with Gasteiger partial charge in [-0.25, -0.2) is 0 Å². The maximum atomic E-state index is 11.9. The van der Waals surface area contributed by atoms with Crippen LogP contribution in [0.5, 0.6) is 0 Å². The van der Waals surface area contributed by atoms with E-state index >= 15 is 0 Å². The Hall–Kier alpha value is -1.10. The van der Waals surface area contributed by atoms with Crippen molar-refractivity contribution < 1.29 is 4.79 Å². The number of hydrogen-bond donors (Lipinski definition) is 2. The molecule has 0 bridgehead atoms. The third-order valence-electron chi connectivity index (χ3n) is 3.34. The third kappa shape index (κ3) is 4.82. The van der Waals surface area contributed by atoms with Crippen LogP contribution in [0.3, 0.4) is 0 Å². The number of carbonyl (C=O) groups excluding carboxylic acids is 1. The van der Waals surface area contributed by atoms with Crippen molar-refractivity contribution in [3.63, 3.8) is 0 Å². The first-order valence-electron chi connectivity index (χ1n) is 6.53. The van der Waals surface area contributed by atoms with Crippen LogP contribution in [-0.4, -0.2) is 43.5 Å². The van der Waals surface area contributed by atoms with Gasteiger partial charge < -0.3 is 10.6 Å². The highest BCUT2D eigenvalue weighted by atomic mass is 35.5. The SMILES string of the molecule is CNCC1CCCN1CC(=O)Nc1ccccc1.Cl. The molecular formula is C14H22ClN3O. The second kappa shape index (κ2) is 8.15. The average molecular weight is 284 g/mol. The van der Waals surface area contributed by atoms with Gasteiger partial charge in [-0.15, -0.1) is 12.4 Å². The fraction of sp³-hybridized carbons (Fsp3) is 0.500. The summed E-state index contributed by atoms with van der Waals surface area (Å²) in [6.07, 6.45) is 2.37. The first-order chi connectivity index (χ1) is 8.79. The van der Waals surface area contributed by atoms with Gasteiger partial charge in [-0.3, -0.25) is 9.69 Å². The number of benzene rings is 1. The van der Waals surface area contributed by atoms with E-state index in [0.717, 1.165) is 18.8 Å². The van der Waals surface area contributed by atoms with Gasteiger partial charge in [0.05, 0.1) is 6.54 Å². The Morgan fingerprint density at radius 2 is 2.11 bits per heavy atom. The van der Waals surface area contributed by atoms with E-state index in [4.69, 9.17) is 0 Å². The minimum atomic E-state index is 0. The Balaban J connectivity index is 0.00000180. The van der Waals surface area contributed by atoms with E-state index in [-0.39, 0.29) is 18.3 Å². The molecule has 1 unspecified atom stereocenters. The summed E-state index contributed by atoms with van der Waals surface area (Å²) in [6, 6.07) is 10.1. The molecule has 1 amide bonds. The lowest BCUT2D eigenvalue weighted by Crippen LogP contribution is -2.41. The molecular weight excluding hydrogens is 262 g/mol. The van der Waals surface area contributed by atoms with Crippen LogP contribution in [0.2, 0.25) is 0 Å². The van der Waals surface area contributed by atoms with Crippen LogP contribution in [0.4, 0.5) is 5.69 Å². The van der Waals surface area contributed by atoms with E-state index in [1.54, 1.807) is 0 Å². The quantitative estimate of drug-likeness (QED) is 0.865. The molecule has 19 heavy (non-hydrogen) atoms. The fourth-order valence-electron chi connectivity index (χ4n) is 2.48. The summed E-state index contributed by atoms with van der Waals surface area (Å²) in [6.45, 7) is 2.47. The van der Waals surface area contributed by atoms with E-state index in [9.17, 15) is 4.79 Å². The predicted molar refractivity (Wildman–Crippen MR) is 80.8 cm³/mol. The van der Waals surface area contributed by atoms with Gasteiger partial charge in [0.25, 0.3) is 0 Å². The van der Waals surface area contributed by atoms with Gasteiger partial charge in [-0.1, -0.05) is 18.2 Å². The van der Waals surface area contributed by atoms with Crippen molar-refractivity contribution in [2.75, 3.05) is 32.0 Å². The molecule has 1 aliphatic heterocycles. The predicted octanol–water partition coefficient (Wildman–Crippen LogP) is 1.73. The number of anilines is 1. The van der Waals surface area contributed by atoms with Gasteiger partial charge in [-0.05, 0) is 38.6 Å². The fourth-order valence-corrected chi connectivity index (χ4v) is 2.48. The molecule has 0 saturated carbocycles. The standard InChI is InChI=1S/C14H21N3O.ClH/c1-15-10-13-8-5-9-17(13)11-14(18)16-12-6-3-2-4-7-12;/h2-4,6-7,13,15H,5,8-11H2,1H3,(H,16,18);1H. The van der Waals surface area contributed by atoms with Gasteiger partial charge in [0.1, 0.15) is 0 Å². The van der Waals surface area contributed by atoms with E-state index in [2.05, 4.69) is 15.5 Å². The molecule has 2 N–H and O–H groups in total. The zero-order chi connectivity index (χ0) is 12.8. The molecule has 1 fully saturated rings. The number of halogens is 1. The Kier molecular flexibility index (Phi) is 6.84. The molecule has 0 radical (unpaired) electrons. The number of rotatable bonds is 5. The molecule has 1 aromatic carbocycles. The Bertz CT molecular complexity index is 386. The first-order valence-corrected chi connectivity index (χ1v) is 6.53. The summed E-state index contributed by atoms with van der Waals surface area (Å²) >= 11 is 0.